The van der Waals surface area contributed by atoms with Crippen LogP contribution in [0.3, 0.4) is 0 Å². The van der Waals surface area contributed by atoms with Crippen molar-refractivity contribution in [2.45, 2.75) is 148 Å². The molecule has 0 amide bonds. The van der Waals surface area contributed by atoms with Crippen LogP contribution in [0.5, 0.6) is 5.75 Å². The summed E-state index contributed by atoms with van der Waals surface area (Å²) in [6.07, 6.45) is 29.7. The van der Waals surface area contributed by atoms with E-state index in [1.807, 2.05) is 0 Å². The Morgan fingerprint density at radius 1 is 0.636 bits per heavy atom. The highest BCUT2D eigenvalue weighted by atomic mass is 16.6. The van der Waals surface area contributed by atoms with Crippen LogP contribution in [-0.4, -0.2) is 10.0 Å². The molecule has 0 bridgehead atoms. The van der Waals surface area contributed by atoms with Gasteiger partial charge in [0.2, 0.25) is 0 Å². The van der Waals surface area contributed by atoms with Gasteiger partial charge in [-0.2, -0.15) is 0 Å². The second-order valence-corrected chi connectivity index (χ2v) is 9.90. The molecule has 0 aliphatic rings. The van der Waals surface area contributed by atoms with Gasteiger partial charge < -0.3 is 5.11 Å². The van der Waals surface area contributed by atoms with Crippen molar-refractivity contribution in [3.05, 3.63) is 33.9 Å². The summed E-state index contributed by atoms with van der Waals surface area (Å²) >= 11 is 0. The van der Waals surface area contributed by atoms with Crippen LogP contribution in [0.4, 0.5) is 5.69 Å². The number of benzene rings is 1. The van der Waals surface area contributed by atoms with E-state index in [-0.39, 0.29) is 11.4 Å². The van der Waals surface area contributed by atoms with Crippen molar-refractivity contribution >= 4 is 5.69 Å². The van der Waals surface area contributed by atoms with Gasteiger partial charge in [-0.15, -0.1) is 0 Å². The maximum atomic E-state index is 10.9. The quantitative estimate of drug-likeness (QED) is 0.100. The number of hydrogen-bond acceptors (Lipinski definition) is 3. The predicted molar refractivity (Wildman–Crippen MR) is 141 cm³/mol. The molecule has 0 saturated heterocycles. The van der Waals surface area contributed by atoms with E-state index in [1.165, 1.54) is 141 Å². The van der Waals surface area contributed by atoms with Gasteiger partial charge in [0.05, 0.1) is 4.92 Å². The zero-order valence-corrected chi connectivity index (χ0v) is 21.5. The Morgan fingerprint density at radius 3 is 1.36 bits per heavy atom. The molecular weight excluding hydrogens is 410 g/mol. The summed E-state index contributed by atoms with van der Waals surface area (Å²) in [6, 6.07) is 4.73. The van der Waals surface area contributed by atoms with E-state index in [2.05, 4.69) is 6.92 Å². The highest BCUT2D eigenvalue weighted by molar-refractivity contribution is 5.47. The van der Waals surface area contributed by atoms with Gasteiger partial charge in [0, 0.05) is 6.07 Å². The molecule has 4 nitrogen and oxygen atoms in total. The lowest BCUT2D eigenvalue weighted by Gasteiger charge is -2.05. The Labute approximate surface area is 203 Å². The van der Waals surface area contributed by atoms with E-state index in [0.717, 1.165) is 18.4 Å². The van der Waals surface area contributed by atoms with Gasteiger partial charge in [-0.3, -0.25) is 10.1 Å². The van der Waals surface area contributed by atoms with E-state index in [4.69, 9.17) is 0 Å². The largest absolute Gasteiger partial charge is 0.502 e. The molecule has 190 valence electrons. The van der Waals surface area contributed by atoms with E-state index < -0.39 is 4.92 Å². The molecule has 0 saturated carbocycles. The fourth-order valence-corrected chi connectivity index (χ4v) is 4.63. The second kappa shape index (κ2) is 21.0. The van der Waals surface area contributed by atoms with Crippen LogP contribution in [0.25, 0.3) is 0 Å². The average Bonchev–Trinajstić information content (AvgIpc) is 2.81. The number of rotatable bonds is 23. The fourth-order valence-electron chi connectivity index (χ4n) is 4.63. The summed E-state index contributed by atoms with van der Waals surface area (Å²) < 4.78 is 0. The Kier molecular flexibility index (Phi) is 18.7. The third-order valence-corrected chi connectivity index (χ3v) is 6.81. The van der Waals surface area contributed by atoms with Crippen molar-refractivity contribution in [3.8, 4) is 5.75 Å². The number of aromatic hydroxyl groups is 1. The molecule has 0 aliphatic heterocycles. The topological polar surface area (TPSA) is 63.4 Å². The van der Waals surface area contributed by atoms with Crippen LogP contribution in [-0.2, 0) is 6.42 Å². The smallest absolute Gasteiger partial charge is 0.310 e. The van der Waals surface area contributed by atoms with Gasteiger partial charge in [-0.25, -0.2) is 0 Å². The SMILES string of the molecule is CCCCCCCCCCCCCCCCCCCCCCCc1ccc(O)c([N+](=O)[O-])c1. The predicted octanol–water partition coefficient (Wildman–Crippen LogP) is 10.1. The van der Waals surface area contributed by atoms with Crippen LogP contribution in [0.1, 0.15) is 147 Å². The Hall–Kier alpha value is -1.58. The molecule has 0 radical (unpaired) electrons. The third kappa shape index (κ3) is 16.6. The van der Waals surface area contributed by atoms with E-state index >= 15 is 0 Å². The monoisotopic (exact) mass is 461 g/mol. The van der Waals surface area contributed by atoms with Crippen molar-refractivity contribution in [1.29, 1.82) is 0 Å². The van der Waals surface area contributed by atoms with Crippen LogP contribution in [0.2, 0.25) is 0 Å². The lowest BCUT2D eigenvalue weighted by atomic mass is 10.0. The van der Waals surface area contributed by atoms with Crippen molar-refractivity contribution in [2.24, 2.45) is 0 Å². The number of unbranched alkanes of at least 4 members (excludes halogenated alkanes) is 20. The summed E-state index contributed by atoms with van der Waals surface area (Å²) in [5, 5.41) is 20.4. The molecule has 0 atom stereocenters. The minimum absolute atomic E-state index is 0.184. The maximum absolute atomic E-state index is 10.9. The van der Waals surface area contributed by atoms with E-state index in [0.29, 0.717) is 0 Å². The molecule has 1 aromatic carbocycles. The minimum atomic E-state index is -0.517. The zero-order chi connectivity index (χ0) is 24.0. The third-order valence-electron chi connectivity index (χ3n) is 6.81. The highest BCUT2D eigenvalue weighted by Crippen LogP contribution is 2.27. The number of phenols is 1. The number of aryl methyl sites for hydroxylation is 1. The van der Waals surface area contributed by atoms with Crippen molar-refractivity contribution in [2.75, 3.05) is 0 Å². The number of phenolic OH excluding ortho intramolecular Hbond substituents is 1. The standard InChI is InChI=1S/C29H51NO3/c1-2-3-4-5-6-7-8-9-10-11-12-13-14-15-16-17-18-19-20-21-22-23-27-24-25-29(31)28(26-27)30(32)33/h24-26,31H,2-23H2,1H3. The Morgan fingerprint density at radius 2 is 1.00 bits per heavy atom. The lowest BCUT2D eigenvalue weighted by molar-refractivity contribution is -0.385. The molecule has 0 aromatic heterocycles. The Bertz CT molecular complexity index is 603. The first-order valence-electron chi connectivity index (χ1n) is 14.1. The molecule has 1 rings (SSSR count). The number of hydrogen-bond donors (Lipinski definition) is 1. The zero-order valence-electron chi connectivity index (χ0n) is 21.5. The summed E-state index contributed by atoms with van der Waals surface area (Å²) in [5.74, 6) is -0.248. The van der Waals surface area contributed by atoms with Crippen LogP contribution >= 0.6 is 0 Å². The molecule has 4 heteroatoms. The van der Waals surface area contributed by atoms with Crippen molar-refractivity contribution in [1.82, 2.24) is 0 Å². The van der Waals surface area contributed by atoms with E-state index in [1.54, 1.807) is 6.07 Å². The van der Waals surface area contributed by atoms with Crippen LogP contribution < -0.4 is 0 Å². The first kappa shape index (κ1) is 29.5. The van der Waals surface area contributed by atoms with Gasteiger partial charge in [0.1, 0.15) is 0 Å². The molecule has 0 unspecified atom stereocenters. The van der Waals surface area contributed by atoms with Crippen LogP contribution in [0, 0.1) is 10.1 Å². The fraction of sp³-hybridized carbons (Fsp3) is 0.793. The highest BCUT2D eigenvalue weighted by Gasteiger charge is 2.13. The van der Waals surface area contributed by atoms with Gasteiger partial charge in [0.25, 0.3) is 0 Å². The first-order valence-corrected chi connectivity index (χ1v) is 14.1. The number of nitrogens with zero attached hydrogens (tertiary/aromatic N) is 1. The molecule has 0 spiro atoms. The summed E-state index contributed by atoms with van der Waals surface area (Å²) in [4.78, 5) is 10.4. The minimum Gasteiger partial charge on any atom is -0.502 e. The second-order valence-electron chi connectivity index (χ2n) is 9.90. The van der Waals surface area contributed by atoms with Crippen molar-refractivity contribution in [3.63, 3.8) is 0 Å². The van der Waals surface area contributed by atoms with E-state index in [9.17, 15) is 15.2 Å². The molecular formula is C29H51NO3. The summed E-state index contributed by atoms with van der Waals surface area (Å²) in [7, 11) is 0. The van der Waals surface area contributed by atoms with Gasteiger partial charge in [0.15, 0.2) is 5.75 Å². The normalized spacial score (nSPS) is 11.2. The maximum Gasteiger partial charge on any atom is 0.310 e. The number of nitro groups is 1. The van der Waals surface area contributed by atoms with Crippen molar-refractivity contribution < 1.29 is 10.0 Å². The number of nitro benzene ring substituents is 1. The molecule has 0 fully saturated rings. The Balaban J connectivity index is 1.79. The van der Waals surface area contributed by atoms with Gasteiger partial charge in [-0.05, 0) is 24.5 Å². The van der Waals surface area contributed by atoms with Crippen LogP contribution in [0.15, 0.2) is 18.2 Å². The van der Waals surface area contributed by atoms with Gasteiger partial charge >= 0.3 is 5.69 Å². The molecule has 0 aliphatic carbocycles. The molecule has 33 heavy (non-hydrogen) atoms. The summed E-state index contributed by atoms with van der Waals surface area (Å²) in [5.41, 5.74) is 0.758. The van der Waals surface area contributed by atoms with Gasteiger partial charge in [-0.1, -0.05) is 141 Å². The molecule has 1 aromatic rings. The molecule has 0 heterocycles. The lowest BCUT2D eigenvalue weighted by Crippen LogP contribution is -1.92. The average molecular weight is 462 g/mol. The first-order chi connectivity index (χ1) is 16.1. The summed E-state index contributed by atoms with van der Waals surface area (Å²) in [6.45, 7) is 2.28. The molecule has 1 N–H and O–H groups in total.